The first-order chi connectivity index (χ1) is 5.65. The second-order valence-corrected chi connectivity index (χ2v) is 2.50. The molecule has 0 aliphatic heterocycles. The fraction of sp³-hybridized carbons (Fsp3) is 0. The lowest BCUT2D eigenvalue weighted by Crippen LogP contribution is -2.19. The number of carbonyl (C=O) groups excluding carboxylic acids is 1. The Labute approximate surface area is 72.7 Å². The fourth-order valence-electron chi connectivity index (χ4n) is 0.732. The lowest BCUT2D eigenvalue weighted by molar-refractivity contribution is 0.0702. The number of hydrogen-bond donors (Lipinski definition) is 2. The maximum atomic E-state index is 12.8. The highest BCUT2D eigenvalue weighted by Crippen LogP contribution is 2.14. The van der Waals surface area contributed by atoms with Crippen molar-refractivity contribution in [2.75, 3.05) is 0 Å². The topological polar surface area (TPSA) is 49.3 Å². The van der Waals surface area contributed by atoms with Crippen LogP contribution in [0.4, 0.5) is 4.39 Å². The van der Waals surface area contributed by atoms with Crippen LogP contribution in [0.5, 0.6) is 0 Å². The Morgan fingerprint density at radius 2 is 2.25 bits per heavy atom. The molecule has 0 aliphatic carbocycles. The van der Waals surface area contributed by atoms with E-state index in [1.165, 1.54) is 11.5 Å². The van der Waals surface area contributed by atoms with Crippen molar-refractivity contribution in [1.82, 2.24) is 5.48 Å². The van der Waals surface area contributed by atoms with Crippen LogP contribution in [0.25, 0.3) is 0 Å². The average molecular weight is 190 g/mol. The zero-order chi connectivity index (χ0) is 9.14. The highest BCUT2D eigenvalue weighted by molar-refractivity contribution is 6.30. The van der Waals surface area contributed by atoms with Gasteiger partial charge in [0, 0.05) is 5.02 Å². The molecule has 2 N–H and O–H groups in total. The summed E-state index contributed by atoms with van der Waals surface area (Å²) >= 11 is 5.49. The van der Waals surface area contributed by atoms with Crippen molar-refractivity contribution in [3.8, 4) is 0 Å². The van der Waals surface area contributed by atoms with Crippen LogP contribution >= 0.6 is 11.6 Å². The first-order valence-corrected chi connectivity index (χ1v) is 3.42. The van der Waals surface area contributed by atoms with Gasteiger partial charge in [-0.3, -0.25) is 10.0 Å². The molecule has 0 saturated carbocycles. The van der Waals surface area contributed by atoms with Crippen LogP contribution in [0.15, 0.2) is 18.2 Å². The van der Waals surface area contributed by atoms with Crippen molar-refractivity contribution in [2.24, 2.45) is 0 Å². The first-order valence-electron chi connectivity index (χ1n) is 3.04. The number of benzene rings is 1. The minimum absolute atomic E-state index is 0.231. The summed E-state index contributed by atoms with van der Waals surface area (Å²) in [7, 11) is 0. The van der Waals surface area contributed by atoms with Gasteiger partial charge in [0.05, 0.1) is 5.56 Å². The van der Waals surface area contributed by atoms with Crippen LogP contribution in [0.3, 0.4) is 0 Å². The van der Waals surface area contributed by atoms with Gasteiger partial charge in [-0.25, -0.2) is 9.87 Å². The summed E-state index contributed by atoms with van der Waals surface area (Å²) < 4.78 is 12.8. The Kier molecular flexibility index (Phi) is 2.62. The van der Waals surface area contributed by atoms with Gasteiger partial charge in [-0.15, -0.1) is 0 Å². The van der Waals surface area contributed by atoms with E-state index < -0.39 is 11.7 Å². The Morgan fingerprint density at radius 3 is 2.83 bits per heavy atom. The summed E-state index contributed by atoms with van der Waals surface area (Å²) in [6.45, 7) is 0. The van der Waals surface area contributed by atoms with Crippen LogP contribution in [0, 0.1) is 5.82 Å². The van der Waals surface area contributed by atoms with Crippen molar-refractivity contribution in [1.29, 1.82) is 0 Å². The van der Waals surface area contributed by atoms with Gasteiger partial charge in [0.25, 0.3) is 5.91 Å². The average Bonchev–Trinajstić information content (AvgIpc) is 2.08. The van der Waals surface area contributed by atoms with Crippen molar-refractivity contribution in [3.05, 3.63) is 34.6 Å². The maximum Gasteiger partial charge on any atom is 0.277 e. The van der Waals surface area contributed by atoms with Crippen LogP contribution in [0.2, 0.25) is 5.02 Å². The van der Waals surface area contributed by atoms with Gasteiger partial charge >= 0.3 is 0 Å². The molecule has 0 aliphatic rings. The smallest absolute Gasteiger partial charge is 0.277 e. The van der Waals surface area contributed by atoms with E-state index in [1.807, 2.05) is 0 Å². The lowest BCUT2D eigenvalue weighted by atomic mass is 10.2. The molecule has 0 aromatic heterocycles. The molecule has 0 spiro atoms. The largest absolute Gasteiger partial charge is 0.288 e. The SMILES string of the molecule is O=C(NO)c1cc(Cl)ccc1F. The maximum absolute atomic E-state index is 12.8. The molecule has 5 heteroatoms. The van der Waals surface area contributed by atoms with E-state index in [4.69, 9.17) is 16.8 Å². The molecule has 1 aromatic carbocycles. The molecule has 0 bridgehead atoms. The third-order valence-electron chi connectivity index (χ3n) is 1.27. The molecule has 0 unspecified atom stereocenters. The molecule has 0 saturated heterocycles. The summed E-state index contributed by atoms with van der Waals surface area (Å²) in [5.41, 5.74) is 1.02. The number of halogens is 2. The predicted octanol–water partition coefficient (Wildman–Crippen LogP) is 1.60. The standard InChI is InChI=1S/C7H5ClFNO2/c8-4-1-2-6(9)5(3-4)7(11)10-12/h1-3,12H,(H,10,11). The van der Waals surface area contributed by atoms with Gasteiger partial charge in [-0.2, -0.15) is 0 Å². The molecule has 1 rings (SSSR count). The number of carbonyl (C=O) groups is 1. The van der Waals surface area contributed by atoms with Crippen LogP contribution in [0.1, 0.15) is 10.4 Å². The van der Waals surface area contributed by atoms with Gasteiger partial charge in [0.2, 0.25) is 0 Å². The van der Waals surface area contributed by atoms with E-state index in [1.54, 1.807) is 0 Å². The van der Waals surface area contributed by atoms with Gasteiger partial charge in [0.1, 0.15) is 5.82 Å². The zero-order valence-corrected chi connectivity index (χ0v) is 6.60. The Balaban J connectivity index is 3.13. The van der Waals surface area contributed by atoms with Crippen LogP contribution in [-0.2, 0) is 0 Å². The highest BCUT2D eigenvalue weighted by atomic mass is 35.5. The summed E-state index contributed by atoms with van der Waals surface area (Å²) in [5.74, 6) is -1.65. The summed E-state index contributed by atoms with van der Waals surface area (Å²) in [4.78, 5) is 10.7. The summed E-state index contributed by atoms with van der Waals surface area (Å²) in [5, 5.41) is 8.43. The molecular weight excluding hydrogens is 185 g/mol. The number of rotatable bonds is 1. The number of amides is 1. The minimum atomic E-state index is -0.921. The monoisotopic (exact) mass is 189 g/mol. The second kappa shape index (κ2) is 3.51. The first kappa shape index (κ1) is 8.96. The van der Waals surface area contributed by atoms with Crippen molar-refractivity contribution in [3.63, 3.8) is 0 Å². The summed E-state index contributed by atoms with van der Waals surface area (Å²) in [6.07, 6.45) is 0. The number of hydroxylamine groups is 1. The zero-order valence-electron chi connectivity index (χ0n) is 5.84. The molecule has 1 amide bonds. The van der Waals surface area contributed by atoms with E-state index in [0.717, 1.165) is 12.1 Å². The van der Waals surface area contributed by atoms with Gasteiger partial charge in [0.15, 0.2) is 0 Å². The van der Waals surface area contributed by atoms with E-state index in [0.29, 0.717) is 0 Å². The van der Waals surface area contributed by atoms with Crippen molar-refractivity contribution in [2.45, 2.75) is 0 Å². The normalized spacial score (nSPS) is 9.58. The molecule has 64 valence electrons. The van der Waals surface area contributed by atoms with Crippen LogP contribution < -0.4 is 5.48 Å². The van der Waals surface area contributed by atoms with Gasteiger partial charge in [-0.05, 0) is 18.2 Å². The summed E-state index contributed by atoms with van der Waals surface area (Å²) in [6, 6.07) is 3.49. The van der Waals surface area contributed by atoms with E-state index in [-0.39, 0.29) is 10.6 Å². The van der Waals surface area contributed by atoms with Gasteiger partial charge in [-0.1, -0.05) is 11.6 Å². The lowest BCUT2D eigenvalue weighted by Gasteiger charge is -2.00. The molecule has 1 aromatic rings. The number of nitrogens with one attached hydrogen (secondary N) is 1. The van der Waals surface area contributed by atoms with E-state index in [2.05, 4.69) is 0 Å². The fourth-order valence-corrected chi connectivity index (χ4v) is 0.904. The number of hydrogen-bond acceptors (Lipinski definition) is 2. The second-order valence-electron chi connectivity index (χ2n) is 2.07. The molecule has 0 fully saturated rings. The Bertz CT molecular complexity index is 316. The van der Waals surface area contributed by atoms with E-state index in [9.17, 15) is 9.18 Å². The molecule has 0 atom stereocenters. The molecule has 0 heterocycles. The van der Waals surface area contributed by atoms with Crippen LogP contribution in [-0.4, -0.2) is 11.1 Å². The van der Waals surface area contributed by atoms with Crippen molar-refractivity contribution >= 4 is 17.5 Å². The van der Waals surface area contributed by atoms with Gasteiger partial charge < -0.3 is 0 Å². The third-order valence-corrected chi connectivity index (χ3v) is 1.51. The Hall–Kier alpha value is -1.13. The highest BCUT2D eigenvalue weighted by Gasteiger charge is 2.10. The predicted molar refractivity (Wildman–Crippen MR) is 40.7 cm³/mol. The molecule has 12 heavy (non-hydrogen) atoms. The third kappa shape index (κ3) is 1.72. The molecule has 3 nitrogen and oxygen atoms in total. The Morgan fingerprint density at radius 1 is 1.58 bits per heavy atom. The van der Waals surface area contributed by atoms with E-state index >= 15 is 0 Å². The quantitative estimate of drug-likeness (QED) is 0.521. The minimum Gasteiger partial charge on any atom is -0.288 e. The van der Waals surface area contributed by atoms with Crippen molar-refractivity contribution < 1.29 is 14.4 Å². The molecule has 0 radical (unpaired) electrons. The molecular formula is C7H5ClFNO2.